The third kappa shape index (κ3) is 8.07. The van der Waals surface area contributed by atoms with E-state index in [0.717, 1.165) is 22.3 Å². The van der Waals surface area contributed by atoms with Gasteiger partial charge in [0.1, 0.15) is 16.7 Å². The minimum absolute atomic E-state index is 0.0478. The highest BCUT2D eigenvalue weighted by molar-refractivity contribution is 6.41. The summed E-state index contributed by atoms with van der Waals surface area (Å²) in [7, 11) is 2.97. The first-order chi connectivity index (χ1) is 23.5. The number of aliphatic hydroxyl groups excluding tert-OH is 1. The van der Waals surface area contributed by atoms with Crippen molar-refractivity contribution in [2.45, 2.75) is 101 Å². The number of carbonyl (C=O) groups is 3. The summed E-state index contributed by atoms with van der Waals surface area (Å²) in [6, 6.07) is 4.66. The van der Waals surface area contributed by atoms with Gasteiger partial charge in [-0.2, -0.15) is 0 Å². The third-order valence-corrected chi connectivity index (χ3v) is 10.4. The van der Waals surface area contributed by atoms with E-state index < -0.39 is 33.6 Å². The Hall–Kier alpha value is -3.75. The number of carbonyl (C=O) groups excluding carboxylic acids is 3. The van der Waals surface area contributed by atoms with E-state index in [9.17, 15) is 5.11 Å². The first kappa shape index (κ1) is 40.7. The SMILES string of the molecule is COCOc1ccc(/C(O)=C2/C(=O)[C@]3(CC=C(C)C)C[C@H](CC=C(C)C)[C@@](C)(CCC=C(C)C)[C@](CC=C(C)C)(C2=O)C3=O)cc1OCOC. The second-order valence-corrected chi connectivity index (χ2v) is 15.1. The largest absolute Gasteiger partial charge is 0.506 e. The van der Waals surface area contributed by atoms with Crippen LogP contribution in [0.4, 0.5) is 0 Å². The molecule has 2 bridgehead atoms. The highest BCUT2D eigenvalue weighted by atomic mass is 16.7. The van der Waals surface area contributed by atoms with Crippen molar-refractivity contribution in [3.8, 4) is 11.5 Å². The maximum atomic E-state index is 15.4. The van der Waals surface area contributed by atoms with Crippen molar-refractivity contribution in [1.82, 2.24) is 0 Å². The van der Waals surface area contributed by atoms with E-state index in [-0.39, 0.29) is 61.4 Å². The molecular formula is C42H58O8. The molecule has 0 heterocycles. The number of ether oxygens (including phenoxy) is 4. The zero-order valence-corrected chi connectivity index (χ0v) is 32.1. The van der Waals surface area contributed by atoms with Gasteiger partial charge >= 0.3 is 0 Å². The van der Waals surface area contributed by atoms with Gasteiger partial charge in [-0.25, -0.2) is 0 Å². The molecule has 0 unspecified atom stereocenters. The maximum Gasteiger partial charge on any atom is 0.188 e. The number of methoxy groups -OCH3 is 2. The molecule has 50 heavy (non-hydrogen) atoms. The fourth-order valence-corrected chi connectivity index (χ4v) is 7.58. The average molecular weight is 691 g/mol. The molecule has 2 aliphatic rings. The summed E-state index contributed by atoms with van der Waals surface area (Å²) in [5.41, 5.74) is 0.112. The molecule has 2 saturated carbocycles. The van der Waals surface area contributed by atoms with Gasteiger partial charge in [0.15, 0.2) is 42.4 Å². The minimum Gasteiger partial charge on any atom is -0.506 e. The Morgan fingerprint density at radius 2 is 1.34 bits per heavy atom. The van der Waals surface area contributed by atoms with Crippen molar-refractivity contribution in [2.75, 3.05) is 27.8 Å². The molecular weight excluding hydrogens is 632 g/mol. The van der Waals surface area contributed by atoms with Crippen LogP contribution in [0.15, 0.2) is 70.4 Å². The van der Waals surface area contributed by atoms with Gasteiger partial charge in [0.2, 0.25) is 0 Å². The summed E-state index contributed by atoms with van der Waals surface area (Å²) >= 11 is 0. The van der Waals surface area contributed by atoms with E-state index in [1.165, 1.54) is 20.3 Å². The van der Waals surface area contributed by atoms with Crippen LogP contribution in [0.2, 0.25) is 0 Å². The van der Waals surface area contributed by atoms with Gasteiger partial charge in [-0.05, 0) is 123 Å². The van der Waals surface area contributed by atoms with Crippen molar-refractivity contribution in [1.29, 1.82) is 0 Å². The molecule has 0 spiro atoms. The number of hydrogen-bond donors (Lipinski definition) is 1. The molecule has 4 atom stereocenters. The van der Waals surface area contributed by atoms with E-state index >= 15 is 14.4 Å². The summed E-state index contributed by atoms with van der Waals surface area (Å²) in [5, 5.41) is 12.1. The monoisotopic (exact) mass is 690 g/mol. The highest BCUT2D eigenvalue weighted by Gasteiger charge is 2.74. The number of allylic oxidation sites excluding steroid dienone is 9. The number of fused-ring (bicyclic) bond motifs is 2. The van der Waals surface area contributed by atoms with Crippen LogP contribution in [0.1, 0.15) is 106 Å². The molecule has 0 aliphatic heterocycles. The van der Waals surface area contributed by atoms with Gasteiger partial charge in [-0.15, -0.1) is 0 Å². The van der Waals surface area contributed by atoms with E-state index in [1.807, 2.05) is 67.5 Å². The summed E-state index contributed by atoms with van der Waals surface area (Å²) in [4.78, 5) is 45.9. The van der Waals surface area contributed by atoms with E-state index in [2.05, 4.69) is 19.1 Å². The van der Waals surface area contributed by atoms with Crippen LogP contribution in [0.3, 0.4) is 0 Å². The molecule has 0 amide bonds. The standard InChI is InChI=1S/C42H58O8/c1-27(2)13-12-20-40(9)32(16-14-28(3)4)24-41(21-18-29(5)6)37(44)35(38(45)42(40,39(41)46)22-19-30(7)8)36(43)31-15-17-33(49-25-47-10)34(23-31)50-26-48-11/h13-15,17-19,23,32,43H,12,16,20-22,24-26H2,1-11H3/b36-35+/t32-,40+,41-,42+/m0/s1. The van der Waals surface area contributed by atoms with Crippen LogP contribution in [-0.2, 0) is 23.9 Å². The van der Waals surface area contributed by atoms with E-state index in [4.69, 9.17) is 18.9 Å². The number of aliphatic hydroxyl groups is 1. The van der Waals surface area contributed by atoms with Crippen LogP contribution < -0.4 is 9.47 Å². The van der Waals surface area contributed by atoms with Crippen LogP contribution in [0, 0.1) is 22.2 Å². The second kappa shape index (κ2) is 17.0. The zero-order valence-electron chi connectivity index (χ0n) is 32.1. The third-order valence-electron chi connectivity index (χ3n) is 10.4. The topological polar surface area (TPSA) is 108 Å². The van der Waals surface area contributed by atoms with Crippen LogP contribution in [0.25, 0.3) is 5.76 Å². The van der Waals surface area contributed by atoms with Crippen LogP contribution in [-0.4, -0.2) is 50.3 Å². The molecule has 2 fully saturated rings. The highest BCUT2D eigenvalue weighted by Crippen LogP contribution is 2.67. The van der Waals surface area contributed by atoms with Crippen molar-refractivity contribution in [3.63, 3.8) is 0 Å². The van der Waals surface area contributed by atoms with Gasteiger partial charge in [0.05, 0.1) is 5.41 Å². The minimum atomic E-state index is -1.60. The summed E-state index contributed by atoms with van der Waals surface area (Å²) in [6.45, 7) is 17.8. The Morgan fingerprint density at radius 3 is 1.90 bits per heavy atom. The first-order valence-electron chi connectivity index (χ1n) is 17.5. The quantitative estimate of drug-likeness (QED) is 0.0457. The van der Waals surface area contributed by atoms with Crippen LogP contribution >= 0.6 is 0 Å². The van der Waals surface area contributed by atoms with Gasteiger partial charge in [-0.3, -0.25) is 14.4 Å². The molecule has 8 heteroatoms. The predicted octanol–water partition coefficient (Wildman–Crippen LogP) is 9.46. The molecule has 1 aromatic carbocycles. The lowest BCUT2D eigenvalue weighted by Gasteiger charge is -2.61. The Morgan fingerprint density at radius 1 is 0.780 bits per heavy atom. The summed E-state index contributed by atoms with van der Waals surface area (Å²) < 4.78 is 21.6. The van der Waals surface area contributed by atoms with Crippen molar-refractivity contribution in [3.05, 3.63) is 75.9 Å². The smallest absolute Gasteiger partial charge is 0.188 e. The van der Waals surface area contributed by atoms with Crippen molar-refractivity contribution < 1.29 is 38.4 Å². The fraction of sp³-hybridized carbons (Fsp3) is 0.548. The summed E-state index contributed by atoms with van der Waals surface area (Å²) in [5.74, 6) is -1.64. The molecule has 0 radical (unpaired) electrons. The van der Waals surface area contributed by atoms with Crippen molar-refractivity contribution >= 4 is 23.1 Å². The average Bonchev–Trinajstić information content (AvgIpc) is 3.05. The zero-order chi connectivity index (χ0) is 37.4. The lowest BCUT2D eigenvalue weighted by Crippen LogP contribution is -2.70. The number of benzene rings is 1. The molecule has 0 aromatic heterocycles. The van der Waals surface area contributed by atoms with Gasteiger partial charge in [-0.1, -0.05) is 53.5 Å². The number of hydrogen-bond acceptors (Lipinski definition) is 8. The van der Waals surface area contributed by atoms with Crippen molar-refractivity contribution in [2.24, 2.45) is 22.2 Å². The first-order valence-corrected chi connectivity index (χ1v) is 17.5. The number of ketones is 3. The fourth-order valence-electron chi connectivity index (χ4n) is 7.58. The number of rotatable bonds is 16. The second-order valence-electron chi connectivity index (χ2n) is 15.1. The molecule has 3 rings (SSSR count). The van der Waals surface area contributed by atoms with E-state index in [1.54, 1.807) is 12.1 Å². The maximum absolute atomic E-state index is 15.4. The molecule has 274 valence electrons. The van der Waals surface area contributed by atoms with E-state index in [0.29, 0.717) is 25.0 Å². The molecule has 1 aromatic rings. The molecule has 1 N–H and O–H groups in total. The van der Waals surface area contributed by atoms with Gasteiger partial charge in [0, 0.05) is 19.8 Å². The number of Topliss-reactive ketones (excluding diaryl/α,β-unsaturated/α-hetero) is 3. The molecule has 2 aliphatic carbocycles. The van der Waals surface area contributed by atoms with Crippen LogP contribution in [0.5, 0.6) is 11.5 Å². The molecule has 0 saturated heterocycles. The molecule has 8 nitrogen and oxygen atoms in total. The lowest BCUT2D eigenvalue weighted by molar-refractivity contribution is -0.178. The Kier molecular flexibility index (Phi) is 13.8. The Bertz CT molecular complexity index is 1590. The predicted molar refractivity (Wildman–Crippen MR) is 198 cm³/mol. The lowest BCUT2D eigenvalue weighted by atomic mass is 9.37. The Balaban J connectivity index is 2.48. The van der Waals surface area contributed by atoms with Gasteiger partial charge in [0.25, 0.3) is 0 Å². The van der Waals surface area contributed by atoms with Gasteiger partial charge < -0.3 is 24.1 Å². The Labute approximate surface area is 299 Å². The normalized spacial score (nSPS) is 25.4. The summed E-state index contributed by atoms with van der Waals surface area (Å²) in [6.07, 6.45) is 10.6.